The molecule has 2 aromatic heterocycles. The Morgan fingerprint density at radius 3 is 2.70 bits per heavy atom. The molecule has 0 aliphatic heterocycles. The fraction of sp³-hybridized carbons (Fsp3) is 0.200. The van der Waals surface area contributed by atoms with Gasteiger partial charge in [0.15, 0.2) is 10.8 Å². The van der Waals surface area contributed by atoms with Crippen molar-refractivity contribution in [2.24, 2.45) is 0 Å². The Kier molecular flexibility index (Phi) is 3.99. The van der Waals surface area contributed by atoms with E-state index in [9.17, 15) is 0 Å². The van der Waals surface area contributed by atoms with Crippen LogP contribution in [0.5, 0.6) is 0 Å². The first-order valence-electron chi connectivity index (χ1n) is 6.54. The van der Waals surface area contributed by atoms with Gasteiger partial charge >= 0.3 is 0 Å². The molecule has 0 aliphatic carbocycles. The molecular weight excluding hydrogens is 268 g/mol. The van der Waals surface area contributed by atoms with Gasteiger partial charge in [-0.05, 0) is 24.7 Å². The monoisotopic (exact) mass is 284 g/mol. The predicted molar refractivity (Wildman–Crippen MR) is 82.0 cm³/mol. The summed E-state index contributed by atoms with van der Waals surface area (Å²) in [7, 11) is 1.97. The van der Waals surface area contributed by atoms with Gasteiger partial charge < -0.3 is 5.32 Å². The molecule has 1 N–H and O–H groups in total. The number of nitrogens with one attached hydrogen (secondary N) is 1. The standard InChI is InChI=1S/C15H16N4S/c1-16-11-13(12-7-3-2-4-8-12)20-15-18-17-14-9-5-6-10-19(14)15/h2-10,13,16H,11H2,1H3. The van der Waals surface area contributed by atoms with Crippen LogP contribution >= 0.6 is 11.8 Å². The SMILES string of the molecule is CNCC(Sc1nnc2ccccn12)c1ccccc1. The molecule has 3 aromatic rings. The molecular formula is C15H16N4S. The minimum absolute atomic E-state index is 0.314. The highest BCUT2D eigenvalue weighted by Crippen LogP contribution is 2.33. The minimum atomic E-state index is 0.314. The molecule has 0 aliphatic rings. The fourth-order valence-electron chi connectivity index (χ4n) is 2.11. The second-order valence-electron chi connectivity index (χ2n) is 4.49. The molecule has 0 radical (unpaired) electrons. The first-order chi connectivity index (χ1) is 9.88. The van der Waals surface area contributed by atoms with E-state index < -0.39 is 0 Å². The van der Waals surface area contributed by atoms with Gasteiger partial charge in [-0.2, -0.15) is 0 Å². The Hall–Kier alpha value is -1.85. The van der Waals surface area contributed by atoms with Gasteiger partial charge in [-0.15, -0.1) is 10.2 Å². The molecule has 0 bridgehead atoms. The minimum Gasteiger partial charge on any atom is -0.318 e. The van der Waals surface area contributed by atoms with Crippen molar-refractivity contribution in [2.75, 3.05) is 13.6 Å². The Bertz CT molecular complexity index is 680. The number of aromatic nitrogens is 3. The molecule has 1 aromatic carbocycles. The summed E-state index contributed by atoms with van der Waals surface area (Å²) in [5, 5.41) is 13.0. The van der Waals surface area contributed by atoms with Crippen LogP contribution < -0.4 is 5.32 Å². The molecule has 0 spiro atoms. The van der Waals surface area contributed by atoms with Gasteiger partial charge in [0, 0.05) is 18.0 Å². The van der Waals surface area contributed by atoms with Crippen LogP contribution in [0.15, 0.2) is 59.9 Å². The summed E-state index contributed by atoms with van der Waals surface area (Å²) in [6.45, 7) is 0.885. The Morgan fingerprint density at radius 1 is 1.10 bits per heavy atom. The zero-order valence-electron chi connectivity index (χ0n) is 11.2. The van der Waals surface area contributed by atoms with Crippen molar-refractivity contribution in [1.29, 1.82) is 0 Å². The first-order valence-corrected chi connectivity index (χ1v) is 7.42. The maximum absolute atomic E-state index is 4.29. The lowest BCUT2D eigenvalue weighted by atomic mass is 10.1. The zero-order chi connectivity index (χ0) is 13.8. The third-order valence-corrected chi connectivity index (χ3v) is 4.30. The van der Waals surface area contributed by atoms with Crippen molar-refractivity contribution in [3.05, 3.63) is 60.3 Å². The van der Waals surface area contributed by atoms with Crippen molar-refractivity contribution in [3.63, 3.8) is 0 Å². The predicted octanol–water partition coefficient (Wildman–Crippen LogP) is 2.78. The van der Waals surface area contributed by atoms with E-state index in [1.807, 2.05) is 41.9 Å². The van der Waals surface area contributed by atoms with Crippen molar-refractivity contribution in [3.8, 4) is 0 Å². The first kappa shape index (κ1) is 13.1. The highest BCUT2D eigenvalue weighted by molar-refractivity contribution is 7.99. The van der Waals surface area contributed by atoms with Gasteiger partial charge in [0.1, 0.15) is 0 Å². The van der Waals surface area contributed by atoms with Gasteiger partial charge in [-0.25, -0.2) is 0 Å². The Balaban J connectivity index is 1.90. The number of hydrogen-bond acceptors (Lipinski definition) is 4. The van der Waals surface area contributed by atoms with Crippen LogP contribution in [-0.4, -0.2) is 28.2 Å². The third-order valence-electron chi connectivity index (χ3n) is 3.09. The summed E-state index contributed by atoms with van der Waals surface area (Å²) in [5.41, 5.74) is 2.17. The molecule has 102 valence electrons. The zero-order valence-corrected chi connectivity index (χ0v) is 12.0. The van der Waals surface area contributed by atoms with Crippen LogP contribution in [0.4, 0.5) is 0 Å². The van der Waals surface area contributed by atoms with Gasteiger partial charge in [0.05, 0.1) is 0 Å². The van der Waals surface area contributed by atoms with Gasteiger partial charge in [-0.1, -0.05) is 48.2 Å². The molecule has 0 saturated heterocycles. The van der Waals surface area contributed by atoms with E-state index in [0.717, 1.165) is 17.3 Å². The molecule has 1 unspecified atom stereocenters. The number of likely N-dealkylation sites (N-methyl/N-ethyl adjacent to an activating group) is 1. The van der Waals surface area contributed by atoms with Crippen LogP contribution in [-0.2, 0) is 0 Å². The van der Waals surface area contributed by atoms with E-state index in [2.05, 4.69) is 39.8 Å². The van der Waals surface area contributed by atoms with Crippen molar-refractivity contribution in [1.82, 2.24) is 19.9 Å². The molecule has 2 heterocycles. The van der Waals surface area contributed by atoms with E-state index >= 15 is 0 Å². The summed E-state index contributed by atoms with van der Waals surface area (Å²) in [6.07, 6.45) is 2.00. The molecule has 4 nitrogen and oxygen atoms in total. The fourth-order valence-corrected chi connectivity index (χ4v) is 3.26. The normalized spacial score (nSPS) is 12.7. The number of pyridine rings is 1. The van der Waals surface area contributed by atoms with Crippen LogP contribution in [0.3, 0.4) is 0 Å². The van der Waals surface area contributed by atoms with Gasteiger partial charge in [0.25, 0.3) is 0 Å². The quantitative estimate of drug-likeness (QED) is 0.732. The van der Waals surface area contributed by atoms with Crippen LogP contribution in [0.1, 0.15) is 10.8 Å². The molecule has 5 heteroatoms. The van der Waals surface area contributed by atoms with Crippen LogP contribution in [0.25, 0.3) is 5.65 Å². The average molecular weight is 284 g/mol. The number of benzene rings is 1. The van der Waals surface area contributed by atoms with Crippen LogP contribution in [0, 0.1) is 0 Å². The molecule has 0 amide bonds. The largest absolute Gasteiger partial charge is 0.318 e. The molecule has 20 heavy (non-hydrogen) atoms. The summed E-state index contributed by atoms with van der Waals surface area (Å²) in [5.74, 6) is 0. The number of nitrogens with zero attached hydrogens (tertiary/aromatic N) is 3. The maximum Gasteiger partial charge on any atom is 0.196 e. The third kappa shape index (κ3) is 2.69. The molecule has 3 rings (SSSR count). The topological polar surface area (TPSA) is 42.2 Å². The summed E-state index contributed by atoms with van der Waals surface area (Å²) in [4.78, 5) is 0. The summed E-state index contributed by atoms with van der Waals surface area (Å²) < 4.78 is 2.02. The van der Waals surface area contributed by atoms with E-state index in [0.29, 0.717) is 5.25 Å². The average Bonchev–Trinajstić information content (AvgIpc) is 2.91. The Labute approximate surface area is 122 Å². The summed E-state index contributed by atoms with van der Waals surface area (Å²) >= 11 is 1.73. The Morgan fingerprint density at radius 2 is 1.90 bits per heavy atom. The highest BCUT2D eigenvalue weighted by atomic mass is 32.2. The summed E-state index contributed by atoms with van der Waals surface area (Å²) in [6, 6.07) is 16.4. The maximum atomic E-state index is 4.29. The van der Waals surface area contributed by atoms with E-state index in [1.165, 1.54) is 5.56 Å². The number of fused-ring (bicyclic) bond motifs is 1. The van der Waals surface area contributed by atoms with E-state index in [1.54, 1.807) is 11.8 Å². The number of rotatable bonds is 5. The number of thioether (sulfide) groups is 1. The van der Waals surface area contributed by atoms with Crippen molar-refractivity contribution in [2.45, 2.75) is 10.4 Å². The van der Waals surface area contributed by atoms with Gasteiger partial charge in [0.2, 0.25) is 0 Å². The van der Waals surface area contributed by atoms with Crippen molar-refractivity contribution >= 4 is 17.4 Å². The number of hydrogen-bond donors (Lipinski definition) is 1. The van der Waals surface area contributed by atoms with E-state index in [4.69, 9.17) is 0 Å². The molecule has 0 saturated carbocycles. The lowest BCUT2D eigenvalue weighted by Gasteiger charge is -2.15. The van der Waals surface area contributed by atoms with E-state index in [-0.39, 0.29) is 0 Å². The molecule has 0 fully saturated rings. The smallest absolute Gasteiger partial charge is 0.196 e. The lowest BCUT2D eigenvalue weighted by Crippen LogP contribution is -2.15. The van der Waals surface area contributed by atoms with Crippen molar-refractivity contribution < 1.29 is 0 Å². The lowest BCUT2D eigenvalue weighted by molar-refractivity contribution is 0.772. The van der Waals surface area contributed by atoms with Crippen LogP contribution in [0.2, 0.25) is 0 Å². The highest BCUT2D eigenvalue weighted by Gasteiger charge is 2.15. The second-order valence-corrected chi connectivity index (χ2v) is 5.66. The second kappa shape index (κ2) is 6.07. The van der Waals surface area contributed by atoms with Gasteiger partial charge in [-0.3, -0.25) is 4.40 Å². The molecule has 1 atom stereocenters.